The normalized spacial score (nSPS) is 21.0. The summed E-state index contributed by atoms with van der Waals surface area (Å²) in [5, 5.41) is 3.03. The lowest BCUT2D eigenvalue weighted by atomic mass is 9.96. The van der Waals surface area contributed by atoms with E-state index in [0.29, 0.717) is 30.6 Å². The maximum absolute atomic E-state index is 13.2. The number of para-hydroxylation sites is 1. The highest BCUT2D eigenvalue weighted by atomic mass is 16.2. The van der Waals surface area contributed by atoms with Gasteiger partial charge in [0.05, 0.1) is 11.3 Å². The molecule has 2 aliphatic heterocycles. The zero-order valence-corrected chi connectivity index (χ0v) is 18.1. The fourth-order valence-electron chi connectivity index (χ4n) is 4.80. The Morgan fingerprint density at radius 2 is 1.81 bits per heavy atom. The van der Waals surface area contributed by atoms with Crippen LogP contribution in [-0.2, 0) is 9.59 Å². The number of carbonyl (C=O) groups excluding carboxylic acids is 3. The Morgan fingerprint density at radius 3 is 2.55 bits per heavy atom. The summed E-state index contributed by atoms with van der Waals surface area (Å²) in [6, 6.07) is 17.4. The number of hydrogen-bond acceptors (Lipinski definition) is 3. The van der Waals surface area contributed by atoms with Crippen LogP contribution in [0, 0.1) is 0 Å². The average molecular weight is 420 g/mol. The highest BCUT2D eigenvalue weighted by Crippen LogP contribution is 2.43. The number of amides is 3. The number of fused-ring (bicyclic) bond motifs is 3. The molecule has 2 aliphatic rings. The smallest absolute Gasteiger partial charge is 0.257 e. The van der Waals surface area contributed by atoms with Crippen molar-refractivity contribution < 1.29 is 14.4 Å². The van der Waals surface area contributed by atoms with Gasteiger partial charge in [-0.1, -0.05) is 49.4 Å². The van der Waals surface area contributed by atoms with Gasteiger partial charge in [0, 0.05) is 31.8 Å². The quantitative estimate of drug-likeness (QED) is 0.744. The summed E-state index contributed by atoms with van der Waals surface area (Å²) in [6.45, 7) is 4.88. The average Bonchev–Trinajstić information content (AvgIpc) is 3.10. The fraction of sp³-hybridized carbons (Fsp3) is 0.400. The molecule has 0 radical (unpaired) electrons. The molecule has 0 saturated carbocycles. The summed E-state index contributed by atoms with van der Waals surface area (Å²) in [7, 11) is 0. The van der Waals surface area contributed by atoms with Crippen molar-refractivity contribution in [1.82, 2.24) is 10.2 Å². The lowest BCUT2D eigenvalue weighted by Gasteiger charge is -2.48. The van der Waals surface area contributed by atoms with E-state index in [9.17, 15) is 14.4 Å². The van der Waals surface area contributed by atoms with Crippen LogP contribution in [0.5, 0.6) is 0 Å². The van der Waals surface area contributed by atoms with Gasteiger partial charge in [-0.25, -0.2) is 0 Å². The van der Waals surface area contributed by atoms with Crippen LogP contribution in [0.1, 0.15) is 61.4 Å². The first-order chi connectivity index (χ1) is 15.0. The lowest BCUT2D eigenvalue weighted by molar-refractivity contribution is -0.121. The largest absolute Gasteiger partial charge is 0.355 e. The van der Waals surface area contributed by atoms with Gasteiger partial charge < -0.3 is 10.2 Å². The predicted octanol–water partition coefficient (Wildman–Crippen LogP) is 3.69. The molecule has 2 unspecified atom stereocenters. The lowest BCUT2D eigenvalue weighted by Crippen LogP contribution is -2.62. The van der Waals surface area contributed by atoms with Gasteiger partial charge in [0.2, 0.25) is 11.8 Å². The van der Waals surface area contributed by atoms with Gasteiger partial charge in [-0.3, -0.25) is 19.3 Å². The second-order valence-electron chi connectivity index (χ2n) is 8.49. The Hall–Kier alpha value is -3.15. The SMILES string of the molecule is CCC(CNC(=O)CCN1C(=O)c2ccccc2N2C(=O)CCC12C)c1ccccc1. The van der Waals surface area contributed by atoms with E-state index < -0.39 is 5.66 Å². The molecule has 0 bridgehead atoms. The van der Waals surface area contributed by atoms with Crippen molar-refractivity contribution >= 4 is 23.4 Å². The maximum atomic E-state index is 13.2. The fourth-order valence-corrected chi connectivity index (χ4v) is 4.80. The monoisotopic (exact) mass is 419 g/mol. The topological polar surface area (TPSA) is 69.7 Å². The number of hydrogen-bond donors (Lipinski definition) is 1. The van der Waals surface area contributed by atoms with Crippen molar-refractivity contribution in [3.63, 3.8) is 0 Å². The van der Waals surface area contributed by atoms with Crippen molar-refractivity contribution in [1.29, 1.82) is 0 Å². The van der Waals surface area contributed by atoms with Crippen LogP contribution in [0.4, 0.5) is 5.69 Å². The molecule has 0 spiro atoms. The summed E-state index contributed by atoms with van der Waals surface area (Å²) >= 11 is 0. The third kappa shape index (κ3) is 3.82. The number of benzene rings is 2. The molecular formula is C25H29N3O3. The molecule has 4 rings (SSSR count). The minimum absolute atomic E-state index is 0.0190. The number of anilines is 1. The van der Waals surface area contributed by atoms with E-state index in [0.717, 1.165) is 6.42 Å². The van der Waals surface area contributed by atoms with Crippen molar-refractivity contribution in [3.8, 4) is 0 Å². The number of rotatable bonds is 7. The van der Waals surface area contributed by atoms with E-state index in [-0.39, 0.29) is 36.6 Å². The summed E-state index contributed by atoms with van der Waals surface area (Å²) in [5.74, 6) is 0.0766. The first-order valence-corrected chi connectivity index (χ1v) is 11.0. The molecule has 162 valence electrons. The summed E-state index contributed by atoms with van der Waals surface area (Å²) in [4.78, 5) is 41.9. The Labute approximate surface area is 183 Å². The van der Waals surface area contributed by atoms with Crippen molar-refractivity contribution in [2.24, 2.45) is 0 Å². The number of carbonyl (C=O) groups is 3. The molecule has 2 aromatic rings. The minimum Gasteiger partial charge on any atom is -0.355 e. The van der Waals surface area contributed by atoms with E-state index in [1.165, 1.54) is 5.56 Å². The molecule has 31 heavy (non-hydrogen) atoms. The van der Waals surface area contributed by atoms with Gasteiger partial charge in [-0.05, 0) is 37.5 Å². The first kappa shape index (κ1) is 21.1. The Morgan fingerprint density at radius 1 is 1.10 bits per heavy atom. The standard InChI is InChI=1S/C25H29N3O3/c1-3-18(19-9-5-4-6-10-19)17-26-22(29)14-16-27-24(31)20-11-7-8-12-21(20)28-23(30)13-15-25(27,28)2/h4-12,18H,3,13-17H2,1-2H3,(H,26,29). The van der Waals surface area contributed by atoms with E-state index in [1.807, 2.05) is 37.3 Å². The molecule has 0 aliphatic carbocycles. The molecule has 1 fully saturated rings. The zero-order valence-electron chi connectivity index (χ0n) is 18.1. The van der Waals surface area contributed by atoms with Gasteiger partial charge in [-0.2, -0.15) is 0 Å². The molecule has 0 aromatic heterocycles. The van der Waals surface area contributed by atoms with Crippen molar-refractivity contribution in [2.45, 2.75) is 51.1 Å². The number of nitrogens with one attached hydrogen (secondary N) is 1. The van der Waals surface area contributed by atoms with Gasteiger partial charge in [-0.15, -0.1) is 0 Å². The van der Waals surface area contributed by atoms with Crippen molar-refractivity contribution in [2.75, 3.05) is 18.0 Å². The summed E-state index contributed by atoms with van der Waals surface area (Å²) < 4.78 is 0. The summed E-state index contributed by atoms with van der Waals surface area (Å²) in [6.07, 6.45) is 2.10. The van der Waals surface area contributed by atoms with Gasteiger partial charge in [0.25, 0.3) is 5.91 Å². The Bertz CT molecular complexity index is 991. The number of nitrogens with zero attached hydrogens (tertiary/aromatic N) is 2. The molecule has 2 aromatic carbocycles. The molecule has 1 N–H and O–H groups in total. The van der Waals surface area contributed by atoms with Crippen LogP contribution in [0.2, 0.25) is 0 Å². The van der Waals surface area contributed by atoms with E-state index in [4.69, 9.17) is 0 Å². The second kappa shape index (κ2) is 8.53. The molecule has 1 saturated heterocycles. The van der Waals surface area contributed by atoms with Crippen LogP contribution < -0.4 is 10.2 Å². The predicted molar refractivity (Wildman–Crippen MR) is 120 cm³/mol. The minimum atomic E-state index is -0.723. The highest BCUT2D eigenvalue weighted by Gasteiger charge is 2.52. The molecular weight excluding hydrogens is 390 g/mol. The van der Waals surface area contributed by atoms with Gasteiger partial charge in [0.1, 0.15) is 5.66 Å². The molecule has 3 amide bonds. The zero-order chi connectivity index (χ0) is 22.0. The van der Waals surface area contributed by atoms with Gasteiger partial charge >= 0.3 is 0 Å². The second-order valence-corrected chi connectivity index (χ2v) is 8.49. The molecule has 6 nitrogen and oxygen atoms in total. The van der Waals surface area contributed by atoms with E-state index >= 15 is 0 Å². The van der Waals surface area contributed by atoms with Crippen LogP contribution >= 0.6 is 0 Å². The third-order valence-electron chi connectivity index (χ3n) is 6.62. The Balaban J connectivity index is 1.44. The Kier molecular flexibility index (Phi) is 5.81. The van der Waals surface area contributed by atoms with Crippen molar-refractivity contribution in [3.05, 3.63) is 65.7 Å². The highest BCUT2D eigenvalue weighted by molar-refractivity contribution is 6.10. The molecule has 6 heteroatoms. The van der Waals surface area contributed by atoms with Gasteiger partial charge in [0.15, 0.2) is 0 Å². The van der Waals surface area contributed by atoms with Crippen LogP contribution in [0.3, 0.4) is 0 Å². The first-order valence-electron chi connectivity index (χ1n) is 11.0. The summed E-state index contributed by atoms with van der Waals surface area (Å²) in [5.41, 5.74) is 1.68. The van der Waals surface area contributed by atoms with Crippen LogP contribution in [0.15, 0.2) is 54.6 Å². The van der Waals surface area contributed by atoms with Crippen LogP contribution in [-0.4, -0.2) is 41.4 Å². The molecule has 2 atom stereocenters. The van der Waals surface area contributed by atoms with Crippen LogP contribution in [0.25, 0.3) is 0 Å². The van der Waals surface area contributed by atoms with E-state index in [2.05, 4.69) is 24.4 Å². The maximum Gasteiger partial charge on any atom is 0.257 e. The third-order valence-corrected chi connectivity index (χ3v) is 6.62. The van der Waals surface area contributed by atoms with E-state index in [1.54, 1.807) is 21.9 Å². The molecule has 2 heterocycles.